The zero-order valence-electron chi connectivity index (χ0n) is 11.8. The number of fused-ring (bicyclic) bond motifs is 1. The zero-order chi connectivity index (χ0) is 13.2. The molecule has 3 rings (SSSR count). The minimum Gasteiger partial charge on any atom is -0.490 e. The van der Waals surface area contributed by atoms with Crippen LogP contribution in [-0.2, 0) is 0 Å². The minimum atomic E-state index is -0.350. The van der Waals surface area contributed by atoms with Gasteiger partial charge in [-0.2, -0.15) is 0 Å². The van der Waals surface area contributed by atoms with Crippen LogP contribution in [0.1, 0.15) is 62.2 Å². The number of hydrogen-bond donors (Lipinski definition) is 1. The van der Waals surface area contributed by atoms with E-state index in [4.69, 9.17) is 4.74 Å². The van der Waals surface area contributed by atoms with E-state index in [1.54, 1.807) is 0 Å². The summed E-state index contributed by atoms with van der Waals surface area (Å²) in [6.45, 7) is 2.06. The summed E-state index contributed by atoms with van der Waals surface area (Å²) < 4.78 is 6.10. The fourth-order valence-corrected chi connectivity index (χ4v) is 3.58. The van der Waals surface area contributed by atoms with Gasteiger partial charge < -0.3 is 9.84 Å². The van der Waals surface area contributed by atoms with Crippen LogP contribution in [0.25, 0.3) is 0 Å². The summed E-state index contributed by atoms with van der Waals surface area (Å²) in [7, 11) is 0. The highest BCUT2D eigenvalue weighted by Crippen LogP contribution is 2.38. The molecule has 1 unspecified atom stereocenters. The Labute approximate surface area is 115 Å². The maximum atomic E-state index is 10.3. The van der Waals surface area contributed by atoms with E-state index in [0.717, 1.165) is 30.1 Å². The van der Waals surface area contributed by atoms with E-state index in [1.165, 1.54) is 37.7 Å². The largest absolute Gasteiger partial charge is 0.490 e. The first kappa shape index (κ1) is 13.0. The summed E-state index contributed by atoms with van der Waals surface area (Å²) in [5.41, 5.74) is 2.16. The normalized spacial score (nSPS) is 27.7. The first-order valence-electron chi connectivity index (χ1n) is 7.67. The number of aliphatic hydroxyl groups is 1. The monoisotopic (exact) mass is 260 g/mol. The van der Waals surface area contributed by atoms with Crippen LogP contribution in [0.15, 0.2) is 18.2 Å². The molecule has 19 heavy (non-hydrogen) atoms. The van der Waals surface area contributed by atoms with Gasteiger partial charge in [0.15, 0.2) is 0 Å². The molecular weight excluding hydrogens is 236 g/mol. The van der Waals surface area contributed by atoms with Crippen LogP contribution in [-0.4, -0.2) is 11.2 Å². The Morgan fingerprint density at radius 3 is 2.79 bits per heavy atom. The fourth-order valence-electron chi connectivity index (χ4n) is 3.58. The summed E-state index contributed by atoms with van der Waals surface area (Å²) in [6.07, 6.45) is 8.55. The molecular formula is C17H24O2. The van der Waals surface area contributed by atoms with Crippen LogP contribution in [0.3, 0.4) is 0 Å². The molecule has 1 heterocycles. The lowest BCUT2D eigenvalue weighted by molar-refractivity contribution is 0.0494. The van der Waals surface area contributed by atoms with E-state index in [9.17, 15) is 5.11 Å². The van der Waals surface area contributed by atoms with Crippen molar-refractivity contribution in [3.63, 3.8) is 0 Å². The lowest BCUT2D eigenvalue weighted by atomic mass is 9.83. The van der Waals surface area contributed by atoms with Gasteiger partial charge in [0.05, 0.1) is 6.10 Å². The predicted molar refractivity (Wildman–Crippen MR) is 76.4 cm³/mol. The van der Waals surface area contributed by atoms with Gasteiger partial charge in [0, 0.05) is 12.0 Å². The van der Waals surface area contributed by atoms with Gasteiger partial charge in [-0.1, -0.05) is 43.7 Å². The SMILES string of the molecule is Cc1ccc2c(c1)[C@H](O)CC(CC1CCCCC1)O2. The fraction of sp³-hybridized carbons (Fsp3) is 0.647. The highest BCUT2D eigenvalue weighted by atomic mass is 16.5. The summed E-state index contributed by atoms with van der Waals surface area (Å²) in [4.78, 5) is 0. The van der Waals surface area contributed by atoms with Crippen molar-refractivity contribution in [3.05, 3.63) is 29.3 Å². The molecule has 1 aliphatic heterocycles. The van der Waals surface area contributed by atoms with Crippen molar-refractivity contribution in [1.29, 1.82) is 0 Å². The van der Waals surface area contributed by atoms with Crippen molar-refractivity contribution in [2.24, 2.45) is 5.92 Å². The maximum Gasteiger partial charge on any atom is 0.125 e. The van der Waals surface area contributed by atoms with Crippen LogP contribution in [0, 0.1) is 12.8 Å². The van der Waals surface area contributed by atoms with Crippen molar-refractivity contribution < 1.29 is 9.84 Å². The number of rotatable bonds is 2. The third kappa shape index (κ3) is 2.94. The molecule has 1 aromatic rings. The van der Waals surface area contributed by atoms with Gasteiger partial charge in [0.1, 0.15) is 11.9 Å². The number of hydrogen-bond acceptors (Lipinski definition) is 2. The minimum absolute atomic E-state index is 0.202. The Morgan fingerprint density at radius 2 is 2.00 bits per heavy atom. The molecule has 2 atom stereocenters. The first-order valence-corrected chi connectivity index (χ1v) is 7.67. The number of benzene rings is 1. The van der Waals surface area contributed by atoms with Gasteiger partial charge in [-0.25, -0.2) is 0 Å². The Bertz CT molecular complexity index is 435. The molecule has 1 fully saturated rings. The van der Waals surface area contributed by atoms with E-state index in [-0.39, 0.29) is 12.2 Å². The van der Waals surface area contributed by atoms with E-state index >= 15 is 0 Å². The van der Waals surface area contributed by atoms with Crippen molar-refractivity contribution in [1.82, 2.24) is 0 Å². The van der Waals surface area contributed by atoms with Crippen LogP contribution in [0.4, 0.5) is 0 Å². The van der Waals surface area contributed by atoms with Crippen molar-refractivity contribution in [2.45, 2.75) is 64.1 Å². The summed E-state index contributed by atoms with van der Waals surface area (Å²) in [5.74, 6) is 1.70. The van der Waals surface area contributed by atoms with Crippen LogP contribution < -0.4 is 4.74 Å². The standard InChI is InChI=1S/C17H24O2/c1-12-7-8-17-15(9-12)16(18)11-14(19-17)10-13-5-3-2-4-6-13/h7-9,13-14,16,18H,2-6,10-11H2,1H3/t14?,16-/m1/s1. The highest BCUT2D eigenvalue weighted by Gasteiger charge is 2.29. The van der Waals surface area contributed by atoms with Crippen molar-refractivity contribution >= 4 is 0 Å². The first-order chi connectivity index (χ1) is 9.22. The zero-order valence-corrected chi connectivity index (χ0v) is 11.8. The van der Waals surface area contributed by atoms with Gasteiger partial charge in [-0.05, 0) is 31.4 Å². The second-order valence-corrected chi connectivity index (χ2v) is 6.27. The molecule has 0 radical (unpaired) electrons. The Morgan fingerprint density at radius 1 is 1.21 bits per heavy atom. The molecule has 0 spiro atoms. The second kappa shape index (κ2) is 5.54. The number of ether oxygens (including phenoxy) is 1. The van der Waals surface area contributed by atoms with Crippen LogP contribution in [0.5, 0.6) is 5.75 Å². The molecule has 0 saturated heterocycles. The molecule has 0 bridgehead atoms. The predicted octanol–water partition coefficient (Wildman–Crippen LogP) is 4.15. The maximum absolute atomic E-state index is 10.3. The molecule has 1 aliphatic carbocycles. The third-order valence-electron chi connectivity index (χ3n) is 4.63. The molecule has 0 aromatic heterocycles. The van der Waals surface area contributed by atoms with E-state index < -0.39 is 0 Å². The molecule has 0 amide bonds. The lowest BCUT2D eigenvalue weighted by Gasteiger charge is -2.33. The van der Waals surface area contributed by atoms with Crippen molar-refractivity contribution in [2.75, 3.05) is 0 Å². The number of aliphatic hydroxyl groups excluding tert-OH is 1. The summed E-state index contributed by atoms with van der Waals surface area (Å²) >= 11 is 0. The van der Waals surface area contributed by atoms with E-state index in [2.05, 4.69) is 19.1 Å². The average molecular weight is 260 g/mol. The molecule has 1 aromatic carbocycles. The quantitative estimate of drug-likeness (QED) is 0.865. The van der Waals surface area contributed by atoms with Gasteiger partial charge in [-0.3, -0.25) is 0 Å². The van der Waals surface area contributed by atoms with E-state index in [0.29, 0.717) is 0 Å². The molecule has 1 N–H and O–H groups in total. The average Bonchev–Trinajstić information content (AvgIpc) is 2.41. The van der Waals surface area contributed by atoms with Gasteiger partial charge in [0.2, 0.25) is 0 Å². The molecule has 1 saturated carbocycles. The number of aryl methyl sites for hydroxylation is 1. The van der Waals surface area contributed by atoms with Gasteiger partial charge in [-0.15, -0.1) is 0 Å². The van der Waals surface area contributed by atoms with Crippen LogP contribution in [0.2, 0.25) is 0 Å². The lowest BCUT2D eigenvalue weighted by Crippen LogP contribution is -2.28. The van der Waals surface area contributed by atoms with Gasteiger partial charge in [0.25, 0.3) is 0 Å². The van der Waals surface area contributed by atoms with Crippen molar-refractivity contribution in [3.8, 4) is 5.75 Å². The third-order valence-corrected chi connectivity index (χ3v) is 4.63. The highest BCUT2D eigenvalue weighted by molar-refractivity contribution is 5.40. The molecule has 2 heteroatoms. The molecule has 2 nitrogen and oxygen atoms in total. The summed E-state index contributed by atoms with van der Waals surface area (Å²) in [5, 5.41) is 10.3. The Hall–Kier alpha value is -1.02. The van der Waals surface area contributed by atoms with Crippen LogP contribution >= 0.6 is 0 Å². The summed E-state index contributed by atoms with van der Waals surface area (Å²) in [6, 6.07) is 6.13. The Balaban J connectivity index is 1.68. The van der Waals surface area contributed by atoms with E-state index in [1.807, 2.05) is 6.07 Å². The second-order valence-electron chi connectivity index (χ2n) is 6.27. The smallest absolute Gasteiger partial charge is 0.125 e. The Kier molecular flexibility index (Phi) is 3.79. The van der Waals surface area contributed by atoms with Gasteiger partial charge >= 0.3 is 0 Å². The molecule has 2 aliphatic rings. The topological polar surface area (TPSA) is 29.5 Å². The molecule has 104 valence electrons.